The Morgan fingerprint density at radius 2 is 1.27 bits per heavy atom. The van der Waals surface area contributed by atoms with E-state index < -0.39 is 0 Å². The molecule has 0 spiro atoms. The average molecular weight is 438 g/mol. The van der Waals surface area contributed by atoms with Gasteiger partial charge in [-0.25, -0.2) is 0 Å². The Hall–Kier alpha value is -4.05. The molecule has 1 atom stereocenters. The number of carbonyl (C=O) groups is 1. The van der Waals surface area contributed by atoms with E-state index in [4.69, 9.17) is 9.47 Å². The number of hydrogen-bond acceptors (Lipinski definition) is 4. The van der Waals surface area contributed by atoms with Gasteiger partial charge in [-0.05, 0) is 54.4 Å². The van der Waals surface area contributed by atoms with Crippen molar-refractivity contribution in [2.45, 2.75) is 26.2 Å². The van der Waals surface area contributed by atoms with E-state index in [1.165, 1.54) is 0 Å². The lowest BCUT2D eigenvalue weighted by Crippen LogP contribution is -2.26. The number of hydrogen-bond donors (Lipinski definition) is 1. The number of ether oxygens (including phenoxy) is 2. The van der Waals surface area contributed by atoms with Crippen LogP contribution in [0.3, 0.4) is 0 Å². The lowest BCUT2D eigenvalue weighted by Gasteiger charge is -2.15. The summed E-state index contributed by atoms with van der Waals surface area (Å²) >= 11 is 0. The zero-order chi connectivity index (χ0) is 22.9. The molecule has 0 radical (unpaired) electrons. The predicted octanol–water partition coefficient (Wildman–Crippen LogP) is 6.53. The number of rotatable bonds is 10. The summed E-state index contributed by atoms with van der Waals surface area (Å²) in [6.45, 7) is 2.84. The highest BCUT2D eigenvalue weighted by atomic mass is 16.5. The first kappa shape index (κ1) is 22.2. The largest absolute Gasteiger partial charge is 0.489 e. The number of carbonyl (C=O) groups excluding carboxylic acids is 1. The zero-order valence-corrected chi connectivity index (χ0v) is 18.6. The van der Waals surface area contributed by atoms with Crippen LogP contribution in [0.5, 0.6) is 11.5 Å². The molecule has 166 valence electrons. The molecule has 4 heteroatoms. The highest BCUT2D eigenvalue weighted by Gasteiger charge is 2.16. The van der Waals surface area contributed by atoms with Crippen molar-refractivity contribution in [2.24, 2.45) is 0 Å². The van der Waals surface area contributed by atoms with Crippen LogP contribution in [0.1, 0.15) is 28.4 Å². The molecule has 0 aromatic heterocycles. The second kappa shape index (κ2) is 11.0. The minimum Gasteiger partial charge on any atom is -0.489 e. The van der Waals surface area contributed by atoms with Gasteiger partial charge in [0.25, 0.3) is 0 Å². The first-order chi connectivity index (χ1) is 16.2. The van der Waals surface area contributed by atoms with Gasteiger partial charge in [0.1, 0.15) is 24.7 Å². The lowest BCUT2D eigenvalue weighted by atomic mass is 10.0. The Labute approximate surface area is 194 Å². The van der Waals surface area contributed by atoms with Crippen LogP contribution in [-0.2, 0) is 13.2 Å². The van der Waals surface area contributed by atoms with E-state index in [9.17, 15) is 4.79 Å². The van der Waals surface area contributed by atoms with Gasteiger partial charge in [-0.1, -0.05) is 72.8 Å². The quantitative estimate of drug-likeness (QED) is 0.287. The molecule has 0 bridgehead atoms. The minimum atomic E-state index is -0.384. The summed E-state index contributed by atoms with van der Waals surface area (Å²) < 4.78 is 11.7. The molecule has 1 unspecified atom stereocenters. The van der Waals surface area contributed by atoms with Crippen molar-refractivity contribution in [2.75, 3.05) is 5.32 Å². The molecule has 4 aromatic carbocycles. The van der Waals surface area contributed by atoms with Gasteiger partial charge in [-0.2, -0.15) is 0 Å². The van der Waals surface area contributed by atoms with Gasteiger partial charge in [0, 0.05) is 11.3 Å². The first-order valence-electron chi connectivity index (χ1n) is 11.0. The minimum absolute atomic E-state index is 0.00423. The van der Waals surface area contributed by atoms with Crippen LogP contribution in [-0.4, -0.2) is 11.8 Å². The van der Waals surface area contributed by atoms with Gasteiger partial charge in [-0.15, -0.1) is 0 Å². The number of nitrogens with one attached hydrogen (secondary N) is 1. The summed E-state index contributed by atoms with van der Waals surface area (Å²) in [5, 5.41) is 3.27. The second-order valence-electron chi connectivity index (χ2n) is 7.83. The van der Waals surface area contributed by atoms with Crippen molar-refractivity contribution >= 4 is 11.5 Å². The number of ketones is 1. The monoisotopic (exact) mass is 437 g/mol. The fraction of sp³-hybridized carbons (Fsp3) is 0.138. The van der Waals surface area contributed by atoms with Crippen molar-refractivity contribution in [1.82, 2.24) is 0 Å². The van der Waals surface area contributed by atoms with Crippen molar-refractivity contribution in [3.8, 4) is 11.5 Å². The summed E-state index contributed by atoms with van der Waals surface area (Å²) in [4.78, 5) is 13.0. The third kappa shape index (κ3) is 6.47. The Kier molecular flexibility index (Phi) is 7.39. The molecule has 4 rings (SSSR count). The number of Topliss-reactive ketones (excluding diaryl/α,β-unsaturated/α-hetero) is 1. The molecule has 0 saturated carbocycles. The fourth-order valence-corrected chi connectivity index (χ4v) is 3.43. The van der Waals surface area contributed by atoms with Crippen molar-refractivity contribution < 1.29 is 14.3 Å². The van der Waals surface area contributed by atoms with Crippen LogP contribution in [0, 0.1) is 0 Å². The maximum atomic E-state index is 13.0. The highest BCUT2D eigenvalue weighted by molar-refractivity contribution is 6.01. The molecule has 0 amide bonds. The molecular weight excluding hydrogens is 410 g/mol. The molecule has 0 heterocycles. The van der Waals surface area contributed by atoms with E-state index in [0.29, 0.717) is 24.5 Å². The Morgan fingerprint density at radius 1 is 0.697 bits per heavy atom. The van der Waals surface area contributed by atoms with Gasteiger partial charge < -0.3 is 14.8 Å². The van der Waals surface area contributed by atoms with E-state index in [0.717, 1.165) is 22.6 Å². The Balaban J connectivity index is 1.31. The fourth-order valence-electron chi connectivity index (χ4n) is 3.43. The molecular formula is C29H27NO3. The van der Waals surface area contributed by atoms with Crippen molar-refractivity contribution in [3.63, 3.8) is 0 Å². The topological polar surface area (TPSA) is 47.6 Å². The molecule has 0 aliphatic rings. The van der Waals surface area contributed by atoms with Crippen LogP contribution in [0.2, 0.25) is 0 Å². The molecule has 4 aromatic rings. The smallest absolute Gasteiger partial charge is 0.184 e. The second-order valence-corrected chi connectivity index (χ2v) is 7.83. The van der Waals surface area contributed by atoms with Gasteiger partial charge >= 0.3 is 0 Å². The average Bonchev–Trinajstić information content (AvgIpc) is 2.88. The molecule has 0 fully saturated rings. The van der Waals surface area contributed by atoms with Crippen molar-refractivity contribution in [1.29, 1.82) is 0 Å². The number of benzene rings is 4. The molecule has 4 nitrogen and oxygen atoms in total. The Morgan fingerprint density at radius 3 is 1.88 bits per heavy atom. The summed E-state index contributed by atoms with van der Waals surface area (Å²) in [5.41, 5.74) is 3.68. The predicted molar refractivity (Wildman–Crippen MR) is 132 cm³/mol. The summed E-state index contributed by atoms with van der Waals surface area (Å²) in [6.07, 6.45) is 0. The van der Waals surface area contributed by atoms with Gasteiger partial charge in [0.05, 0.1) is 6.04 Å². The number of anilines is 1. The standard InChI is InChI=1S/C29H27NO3/c1-22(30-26-15-17-27(18-16-26)32-20-23-9-4-2-5-10-23)29(31)25-13-8-14-28(19-25)33-21-24-11-6-3-7-12-24/h2-19,22,30H,20-21H2,1H3. The van der Waals surface area contributed by atoms with E-state index in [2.05, 4.69) is 5.32 Å². The highest BCUT2D eigenvalue weighted by Crippen LogP contribution is 2.20. The van der Waals surface area contributed by atoms with Crippen molar-refractivity contribution in [3.05, 3.63) is 126 Å². The first-order valence-corrected chi connectivity index (χ1v) is 11.0. The van der Waals surface area contributed by atoms with E-state index in [1.54, 1.807) is 6.07 Å². The van der Waals surface area contributed by atoms with Gasteiger partial charge in [0.15, 0.2) is 5.78 Å². The SMILES string of the molecule is CC(Nc1ccc(OCc2ccccc2)cc1)C(=O)c1cccc(OCc2ccccc2)c1. The summed E-state index contributed by atoms with van der Waals surface area (Å²) in [6, 6.07) is 34.6. The third-order valence-corrected chi connectivity index (χ3v) is 5.25. The summed E-state index contributed by atoms with van der Waals surface area (Å²) in [5.74, 6) is 1.47. The Bertz CT molecular complexity index is 1160. The van der Waals surface area contributed by atoms with Crippen LogP contribution in [0.15, 0.2) is 109 Å². The maximum Gasteiger partial charge on any atom is 0.184 e. The maximum absolute atomic E-state index is 13.0. The third-order valence-electron chi connectivity index (χ3n) is 5.25. The zero-order valence-electron chi connectivity index (χ0n) is 18.6. The van der Waals surface area contributed by atoms with Crippen LogP contribution in [0.25, 0.3) is 0 Å². The molecule has 0 saturated heterocycles. The van der Waals surface area contributed by atoms with Gasteiger partial charge in [0.2, 0.25) is 0 Å². The van der Waals surface area contributed by atoms with E-state index in [-0.39, 0.29) is 11.8 Å². The van der Waals surface area contributed by atoms with E-state index in [1.807, 2.05) is 110 Å². The molecule has 33 heavy (non-hydrogen) atoms. The van der Waals surface area contributed by atoms with E-state index >= 15 is 0 Å². The van der Waals surface area contributed by atoms with Gasteiger partial charge in [-0.3, -0.25) is 4.79 Å². The normalized spacial score (nSPS) is 11.4. The molecule has 0 aliphatic carbocycles. The lowest BCUT2D eigenvalue weighted by molar-refractivity contribution is 0.0975. The molecule has 1 N–H and O–H groups in total. The summed E-state index contributed by atoms with van der Waals surface area (Å²) in [7, 11) is 0. The van der Waals surface area contributed by atoms with Crippen LogP contribution >= 0.6 is 0 Å². The molecule has 0 aliphatic heterocycles. The van der Waals surface area contributed by atoms with Crippen LogP contribution < -0.4 is 14.8 Å². The van der Waals surface area contributed by atoms with Crippen LogP contribution in [0.4, 0.5) is 5.69 Å².